The van der Waals surface area contributed by atoms with Gasteiger partial charge in [0.25, 0.3) is 5.91 Å². The standard InChI is InChI=1S/C20H18Cl2FN5O2/c21-14-9-12(23)3-6-15(14)26-19(29)11-1-4-13(5-2-11)25-20(30)16-10-24-18-8-7-17(22)27-28(16)18/h3,6-11,13H,1-2,4-5H2,(H,25,30)(H,26,29)/t11-,13-. The summed E-state index contributed by atoms with van der Waals surface area (Å²) in [7, 11) is 0. The van der Waals surface area contributed by atoms with E-state index < -0.39 is 5.82 Å². The highest BCUT2D eigenvalue weighted by Gasteiger charge is 2.28. The molecule has 0 saturated heterocycles. The summed E-state index contributed by atoms with van der Waals surface area (Å²) in [5.74, 6) is -1.11. The van der Waals surface area contributed by atoms with E-state index in [1.807, 2.05) is 0 Å². The first-order valence-corrected chi connectivity index (χ1v) is 10.2. The highest BCUT2D eigenvalue weighted by Crippen LogP contribution is 2.28. The number of aromatic nitrogens is 3. The molecule has 0 bridgehead atoms. The second-order valence-electron chi connectivity index (χ2n) is 7.20. The average molecular weight is 450 g/mol. The number of benzene rings is 1. The molecule has 2 aromatic heterocycles. The smallest absolute Gasteiger partial charge is 0.271 e. The summed E-state index contributed by atoms with van der Waals surface area (Å²) in [6, 6.07) is 7.08. The Labute approximate surface area is 181 Å². The number of hydrogen-bond donors (Lipinski definition) is 2. The Hall–Kier alpha value is -2.71. The van der Waals surface area contributed by atoms with Gasteiger partial charge in [-0.2, -0.15) is 5.10 Å². The molecule has 1 aromatic carbocycles. The van der Waals surface area contributed by atoms with Crippen molar-refractivity contribution in [2.45, 2.75) is 31.7 Å². The maximum atomic E-state index is 13.1. The molecule has 1 aliphatic rings. The fourth-order valence-corrected chi connectivity index (χ4v) is 3.94. The van der Waals surface area contributed by atoms with Crippen LogP contribution in [0.15, 0.2) is 36.5 Å². The molecule has 3 aromatic rings. The van der Waals surface area contributed by atoms with Crippen molar-refractivity contribution < 1.29 is 14.0 Å². The molecule has 0 radical (unpaired) electrons. The van der Waals surface area contributed by atoms with E-state index in [2.05, 4.69) is 20.7 Å². The first-order chi connectivity index (χ1) is 14.4. The van der Waals surface area contributed by atoms with Crippen LogP contribution in [0.5, 0.6) is 0 Å². The van der Waals surface area contributed by atoms with E-state index in [-0.39, 0.29) is 33.9 Å². The van der Waals surface area contributed by atoms with Crippen LogP contribution in [0, 0.1) is 11.7 Å². The Bertz CT molecular complexity index is 1110. The monoisotopic (exact) mass is 449 g/mol. The van der Waals surface area contributed by atoms with Crippen molar-refractivity contribution in [2.24, 2.45) is 5.92 Å². The van der Waals surface area contributed by atoms with E-state index in [0.717, 1.165) is 6.07 Å². The molecule has 30 heavy (non-hydrogen) atoms. The third-order valence-corrected chi connectivity index (χ3v) is 5.70. The zero-order valence-corrected chi connectivity index (χ0v) is 17.3. The number of hydrogen-bond acceptors (Lipinski definition) is 4. The molecule has 10 heteroatoms. The average Bonchev–Trinajstić information content (AvgIpc) is 3.13. The van der Waals surface area contributed by atoms with Gasteiger partial charge in [-0.05, 0) is 56.0 Å². The minimum Gasteiger partial charge on any atom is -0.348 e. The molecule has 4 rings (SSSR count). The SMILES string of the molecule is O=C(N[C@H]1CC[C@H](C(=O)Nc2ccc(F)cc2Cl)CC1)c1cnc2ccc(Cl)nn12. The van der Waals surface area contributed by atoms with Gasteiger partial charge in [-0.3, -0.25) is 9.59 Å². The van der Waals surface area contributed by atoms with E-state index >= 15 is 0 Å². The Morgan fingerprint density at radius 3 is 2.60 bits per heavy atom. The first kappa shape index (κ1) is 20.6. The maximum Gasteiger partial charge on any atom is 0.271 e. The molecule has 2 heterocycles. The largest absolute Gasteiger partial charge is 0.348 e. The summed E-state index contributed by atoms with van der Waals surface area (Å²) in [4.78, 5) is 29.3. The van der Waals surface area contributed by atoms with Crippen molar-refractivity contribution >= 4 is 46.4 Å². The Balaban J connectivity index is 1.33. The minimum absolute atomic E-state index is 0.0549. The zero-order chi connectivity index (χ0) is 21.3. The molecule has 0 aliphatic heterocycles. The topological polar surface area (TPSA) is 88.4 Å². The van der Waals surface area contributed by atoms with Gasteiger partial charge in [0.15, 0.2) is 11.3 Å². The summed E-state index contributed by atoms with van der Waals surface area (Å²) in [6.07, 6.45) is 4.01. The molecule has 2 N–H and O–H groups in total. The molecule has 1 saturated carbocycles. The van der Waals surface area contributed by atoms with Crippen LogP contribution in [0.1, 0.15) is 36.2 Å². The fourth-order valence-electron chi connectivity index (χ4n) is 3.59. The van der Waals surface area contributed by atoms with E-state index in [9.17, 15) is 14.0 Å². The highest BCUT2D eigenvalue weighted by molar-refractivity contribution is 6.33. The number of fused-ring (bicyclic) bond motifs is 1. The van der Waals surface area contributed by atoms with Crippen molar-refractivity contribution in [3.05, 3.63) is 58.2 Å². The molecule has 2 amide bonds. The third-order valence-electron chi connectivity index (χ3n) is 5.18. The summed E-state index contributed by atoms with van der Waals surface area (Å²) >= 11 is 11.9. The highest BCUT2D eigenvalue weighted by atomic mass is 35.5. The lowest BCUT2D eigenvalue weighted by atomic mass is 9.85. The van der Waals surface area contributed by atoms with Gasteiger partial charge in [0.2, 0.25) is 5.91 Å². The van der Waals surface area contributed by atoms with Crippen molar-refractivity contribution in [2.75, 3.05) is 5.32 Å². The van der Waals surface area contributed by atoms with E-state index in [1.165, 1.54) is 22.8 Å². The normalized spacial score (nSPS) is 18.9. The number of anilines is 1. The van der Waals surface area contributed by atoms with Crippen LogP contribution in [-0.4, -0.2) is 32.5 Å². The van der Waals surface area contributed by atoms with Gasteiger partial charge in [-0.25, -0.2) is 13.9 Å². The quantitative estimate of drug-likeness (QED) is 0.627. The Kier molecular flexibility index (Phi) is 5.87. The molecule has 1 fully saturated rings. The number of carbonyl (C=O) groups is 2. The van der Waals surface area contributed by atoms with E-state index in [0.29, 0.717) is 42.7 Å². The lowest BCUT2D eigenvalue weighted by Crippen LogP contribution is -2.40. The van der Waals surface area contributed by atoms with Gasteiger partial charge in [-0.15, -0.1) is 0 Å². The van der Waals surface area contributed by atoms with Gasteiger partial charge in [0.1, 0.15) is 11.0 Å². The van der Waals surface area contributed by atoms with Crippen LogP contribution >= 0.6 is 23.2 Å². The van der Waals surface area contributed by atoms with E-state index in [4.69, 9.17) is 23.2 Å². The van der Waals surface area contributed by atoms with Crippen LogP contribution in [0.4, 0.5) is 10.1 Å². The number of rotatable bonds is 4. The van der Waals surface area contributed by atoms with Crippen LogP contribution in [0.3, 0.4) is 0 Å². The summed E-state index contributed by atoms with van der Waals surface area (Å²) in [5, 5.41) is 10.3. The van der Waals surface area contributed by atoms with Crippen molar-refractivity contribution in [1.82, 2.24) is 19.9 Å². The molecule has 156 valence electrons. The zero-order valence-electron chi connectivity index (χ0n) is 15.7. The number of imidazole rings is 1. The number of carbonyl (C=O) groups excluding carboxylic acids is 2. The van der Waals surface area contributed by atoms with Crippen molar-refractivity contribution in [1.29, 1.82) is 0 Å². The van der Waals surface area contributed by atoms with Gasteiger partial charge in [0, 0.05) is 12.0 Å². The number of amides is 2. The lowest BCUT2D eigenvalue weighted by Gasteiger charge is -2.28. The minimum atomic E-state index is -0.460. The van der Waals surface area contributed by atoms with Crippen LogP contribution in [-0.2, 0) is 4.79 Å². The molecule has 7 nitrogen and oxygen atoms in total. The van der Waals surface area contributed by atoms with Gasteiger partial charge < -0.3 is 10.6 Å². The number of nitrogens with zero attached hydrogens (tertiary/aromatic N) is 3. The molecule has 0 spiro atoms. The summed E-state index contributed by atoms with van der Waals surface area (Å²) in [6.45, 7) is 0. The maximum absolute atomic E-state index is 13.1. The molecule has 0 atom stereocenters. The second-order valence-corrected chi connectivity index (χ2v) is 8.00. The summed E-state index contributed by atoms with van der Waals surface area (Å²) < 4.78 is 14.6. The lowest BCUT2D eigenvalue weighted by molar-refractivity contribution is -0.120. The third kappa shape index (κ3) is 4.39. The first-order valence-electron chi connectivity index (χ1n) is 9.48. The molecule has 1 aliphatic carbocycles. The number of nitrogens with one attached hydrogen (secondary N) is 2. The van der Waals surface area contributed by atoms with Crippen molar-refractivity contribution in [3.8, 4) is 0 Å². The van der Waals surface area contributed by atoms with E-state index in [1.54, 1.807) is 12.1 Å². The summed E-state index contributed by atoms with van der Waals surface area (Å²) in [5.41, 5.74) is 1.22. The molecular formula is C20H18Cl2FN5O2. The number of halogens is 3. The van der Waals surface area contributed by atoms with Crippen molar-refractivity contribution in [3.63, 3.8) is 0 Å². The molecular weight excluding hydrogens is 432 g/mol. The van der Waals surface area contributed by atoms with Gasteiger partial charge >= 0.3 is 0 Å². The van der Waals surface area contributed by atoms with Crippen LogP contribution in [0.25, 0.3) is 5.65 Å². The Morgan fingerprint density at radius 1 is 1.10 bits per heavy atom. The van der Waals surface area contributed by atoms with Crippen LogP contribution in [0.2, 0.25) is 10.2 Å². The van der Waals surface area contributed by atoms with Gasteiger partial charge in [-0.1, -0.05) is 23.2 Å². The van der Waals surface area contributed by atoms with Crippen LogP contribution < -0.4 is 10.6 Å². The Morgan fingerprint density at radius 2 is 1.87 bits per heavy atom. The predicted octanol–water partition coefficient (Wildman–Crippen LogP) is 4.10. The fraction of sp³-hybridized carbons (Fsp3) is 0.300. The van der Waals surface area contributed by atoms with Gasteiger partial charge in [0.05, 0.1) is 16.9 Å². The second kappa shape index (κ2) is 8.57. The molecule has 0 unspecified atom stereocenters. The predicted molar refractivity (Wildman–Crippen MR) is 111 cm³/mol.